The Hall–Kier alpha value is -4.26. The molecule has 7 heteroatoms. The molecule has 0 unspecified atom stereocenters. The van der Waals surface area contributed by atoms with Crippen molar-refractivity contribution in [1.82, 2.24) is 4.90 Å². The molecule has 186 valence electrons. The predicted octanol–water partition coefficient (Wildman–Crippen LogP) is 3.62. The van der Waals surface area contributed by atoms with E-state index in [1.54, 1.807) is 6.07 Å². The minimum atomic E-state index is -0.790. The monoisotopic (exact) mass is 494 g/mol. The average Bonchev–Trinajstić information content (AvgIpc) is 3.17. The summed E-state index contributed by atoms with van der Waals surface area (Å²) in [6.45, 7) is 0.980. The van der Waals surface area contributed by atoms with Gasteiger partial charge in [0.15, 0.2) is 6.61 Å². The number of esters is 1. The van der Waals surface area contributed by atoms with E-state index in [2.05, 4.69) is 5.32 Å². The number of imide groups is 1. The van der Waals surface area contributed by atoms with Crippen molar-refractivity contribution < 1.29 is 23.9 Å². The Morgan fingerprint density at radius 3 is 1.78 bits per heavy atom. The number of hydrogen-bond acceptors (Lipinski definition) is 5. The summed E-state index contributed by atoms with van der Waals surface area (Å²) in [5.41, 5.74) is 5.91. The number of carbonyl (C=O) groups is 4. The van der Waals surface area contributed by atoms with Crippen LogP contribution in [-0.4, -0.2) is 41.7 Å². The van der Waals surface area contributed by atoms with Gasteiger partial charge < -0.3 is 10.1 Å². The maximum atomic E-state index is 13.6. The molecule has 4 aliphatic rings. The normalized spacial score (nSPS) is 22.8. The first-order valence-corrected chi connectivity index (χ1v) is 12.6. The third-order valence-corrected chi connectivity index (χ3v) is 7.86. The van der Waals surface area contributed by atoms with Gasteiger partial charge in [-0.25, -0.2) is 0 Å². The third kappa shape index (κ3) is 3.65. The standard InChI is InChI=1S/C30H26N2O5/c1-2-17-9-3-8-14-22(17)31-23(33)16-37-24(34)15-32-29(35)27-25-18-10-4-5-11-19(18)26(28(27)30(32)36)21-13-7-6-12-20(21)25/h3-14,25-28H,2,15-16H2,1H3,(H,31,33)/t25?,26?,27-,28-/m1/s1. The van der Waals surface area contributed by atoms with Gasteiger partial charge in [-0.3, -0.25) is 24.1 Å². The first-order valence-electron chi connectivity index (χ1n) is 12.6. The summed E-state index contributed by atoms with van der Waals surface area (Å²) in [5.74, 6) is -3.55. The molecule has 3 aromatic carbocycles. The molecule has 1 heterocycles. The Morgan fingerprint density at radius 1 is 0.784 bits per heavy atom. The number of benzene rings is 3. The summed E-state index contributed by atoms with van der Waals surface area (Å²) in [6, 6.07) is 23.3. The third-order valence-electron chi connectivity index (χ3n) is 7.86. The van der Waals surface area contributed by atoms with Gasteiger partial charge in [0.05, 0.1) is 11.8 Å². The molecule has 7 nitrogen and oxygen atoms in total. The molecule has 37 heavy (non-hydrogen) atoms. The van der Waals surface area contributed by atoms with Crippen LogP contribution in [0.15, 0.2) is 72.8 Å². The van der Waals surface area contributed by atoms with Crippen molar-refractivity contribution in [3.8, 4) is 0 Å². The van der Waals surface area contributed by atoms with E-state index in [9.17, 15) is 19.2 Å². The van der Waals surface area contributed by atoms with Gasteiger partial charge in [-0.15, -0.1) is 0 Å². The van der Waals surface area contributed by atoms with Crippen molar-refractivity contribution >= 4 is 29.4 Å². The molecule has 3 aliphatic carbocycles. The summed E-state index contributed by atoms with van der Waals surface area (Å²) in [6.07, 6.45) is 0.744. The number of nitrogens with one attached hydrogen (secondary N) is 1. The van der Waals surface area contributed by atoms with Crippen LogP contribution >= 0.6 is 0 Å². The van der Waals surface area contributed by atoms with Gasteiger partial charge in [0, 0.05) is 17.5 Å². The lowest BCUT2D eigenvalue weighted by Crippen LogP contribution is -2.41. The van der Waals surface area contributed by atoms with Gasteiger partial charge in [0.25, 0.3) is 5.91 Å². The number of rotatable bonds is 6. The second-order valence-electron chi connectivity index (χ2n) is 9.75. The van der Waals surface area contributed by atoms with Crippen LogP contribution in [0.2, 0.25) is 0 Å². The Kier molecular flexibility index (Phi) is 5.63. The Morgan fingerprint density at radius 2 is 1.27 bits per heavy atom. The predicted molar refractivity (Wildman–Crippen MR) is 136 cm³/mol. The lowest BCUT2D eigenvalue weighted by atomic mass is 9.55. The highest BCUT2D eigenvalue weighted by molar-refractivity contribution is 6.09. The summed E-state index contributed by atoms with van der Waals surface area (Å²) in [5, 5.41) is 2.75. The minimum absolute atomic E-state index is 0.232. The summed E-state index contributed by atoms with van der Waals surface area (Å²) >= 11 is 0. The van der Waals surface area contributed by atoms with Crippen molar-refractivity contribution in [3.05, 3.63) is 101 Å². The number of aryl methyl sites for hydroxylation is 1. The Balaban J connectivity index is 1.18. The molecular formula is C30H26N2O5. The van der Waals surface area contributed by atoms with Crippen LogP contribution in [0.1, 0.15) is 46.6 Å². The van der Waals surface area contributed by atoms with E-state index in [0.29, 0.717) is 5.69 Å². The number of carbonyl (C=O) groups excluding carboxylic acids is 4. The zero-order chi connectivity index (χ0) is 25.7. The number of hydrogen-bond donors (Lipinski definition) is 1. The first kappa shape index (κ1) is 23.2. The fraction of sp³-hybridized carbons (Fsp3) is 0.267. The fourth-order valence-corrected chi connectivity index (χ4v) is 6.35. The second-order valence-corrected chi connectivity index (χ2v) is 9.75. The van der Waals surface area contributed by atoms with E-state index < -0.39 is 36.9 Å². The lowest BCUT2D eigenvalue weighted by molar-refractivity contribution is -0.154. The smallest absolute Gasteiger partial charge is 0.326 e. The van der Waals surface area contributed by atoms with E-state index in [0.717, 1.165) is 39.1 Å². The van der Waals surface area contributed by atoms with Gasteiger partial charge in [-0.2, -0.15) is 0 Å². The summed E-state index contributed by atoms with van der Waals surface area (Å²) < 4.78 is 5.16. The number of amides is 3. The average molecular weight is 495 g/mol. The van der Waals surface area contributed by atoms with Gasteiger partial charge >= 0.3 is 5.97 Å². The molecule has 1 aliphatic heterocycles. The maximum absolute atomic E-state index is 13.6. The van der Waals surface area contributed by atoms with Crippen LogP contribution in [0.4, 0.5) is 5.69 Å². The van der Waals surface area contributed by atoms with Crippen LogP contribution in [0.5, 0.6) is 0 Å². The molecule has 0 spiro atoms. The van der Waals surface area contributed by atoms with Crippen molar-refractivity contribution in [2.75, 3.05) is 18.5 Å². The van der Waals surface area contributed by atoms with Crippen LogP contribution in [0.3, 0.4) is 0 Å². The van der Waals surface area contributed by atoms with E-state index >= 15 is 0 Å². The lowest BCUT2D eigenvalue weighted by Gasteiger charge is -2.45. The number of anilines is 1. The highest BCUT2D eigenvalue weighted by Gasteiger charge is 2.61. The van der Waals surface area contributed by atoms with Gasteiger partial charge in [-0.1, -0.05) is 73.7 Å². The van der Waals surface area contributed by atoms with E-state index in [4.69, 9.17) is 4.74 Å². The molecule has 0 radical (unpaired) electrons. The molecular weight excluding hydrogens is 468 g/mol. The zero-order valence-electron chi connectivity index (χ0n) is 20.3. The van der Waals surface area contributed by atoms with Crippen molar-refractivity contribution in [3.63, 3.8) is 0 Å². The van der Waals surface area contributed by atoms with Gasteiger partial charge in [0.2, 0.25) is 11.8 Å². The number of ether oxygens (including phenoxy) is 1. The molecule has 3 amide bonds. The molecule has 0 saturated carbocycles. The van der Waals surface area contributed by atoms with Crippen LogP contribution in [-0.2, 0) is 30.3 Å². The minimum Gasteiger partial charge on any atom is -0.454 e. The quantitative estimate of drug-likeness (QED) is 0.417. The van der Waals surface area contributed by atoms with Crippen molar-refractivity contribution in [2.24, 2.45) is 11.8 Å². The molecule has 2 bridgehead atoms. The Labute approximate surface area is 214 Å². The number of para-hydroxylation sites is 1. The SMILES string of the molecule is CCc1ccccc1NC(=O)COC(=O)CN1C(=O)[C@@H]2C3c4ccccc4C(c4ccccc43)[C@H]2C1=O. The summed E-state index contributed by atoms with van der Waals surface area (Å²) in [4.78, 5) is 53.2. The highest BCUT2D eigenvalue weighted by atomic mass is 16.5. The topological polar surface area (TPSA) is 92.8 Å². The largest absolute Gasteiger partial charge is 0.454 e. The zero-order valence-corrected chi connectivity index (χ0v) is 20.3. The molecule has 3 aromatic rings. The van der Waals surface area contributed by atoms with Crippen molar-refractivity contribution in [1.29, 1.82) is 0 Å². The molecule has 1 saturated heterocycles. The number of likely N-dealkylation sites (tertiary alicyclic amines) is 1. The molecule has 1 N–H and O–H groups in total. The number of nitrogens with zero attached hydrogens (tertiary/aromatic N) is 1. The highest BCUT2D eigenvalue weighted by Crippen LogP contribution is 2.60. The van der Waals surface area contributed by atoms with Crippen LogP contribution in [0, 0.1) is 11.8 Å². The van der Waals surface area contributed by atoms with E-state index in [1.807, 2.05) is 73.7 Å². The fourth-order valence-electron chi connectivity index (χ4n) is 6.35. The van der Waals surface area contributed by atoms with Crippen LogP contribution in [0.25, 0.3) is 0 Å². The van der Waals surface area contributed by atoms with Crippen LogP contribution < -0.4 is 5.32 Å². The van der Waals surface area contributed by atoms with E-state index in [1.165, 1.54) is 0 Å². The molecule has 7 rings (SSSR count). The Bertz CT molecular complexity index is 1330. The first-order chi connectivity index (χ1) is 18.0. The summed E-state index contributed by atoms with van der Waals surface area (Å²) in [7, 11) is 0. The van der Waals surface area contributed by atoms with E-state index in [-0.39, 0.29) is 23.7 Å². The van der Waals surface area contributed by atoms with Gasteiger partial charge in [0.1, 0.15) is 6.54 Å². The van der Waals surface area contributed by atoms with Gasteiger partial charge in [-0.05, 0) is 40.3 Å². The van der Waals surface area contributed by atoms with Crippen molar-refractivity contribution in [2.45, 2.75) is 25.2 Å². The molecule has 1 fully saturated rings. The maximum Gasteiger partial charge on any atom is 0.326 e. The molecule has 0 aromatic heterocycles. The second kappa shape index (κ2) is 9.00. The molecule has 2 atom stereocenters.